The number of aliphatic hydroxyl groups excluding tert-OH is 1. The van der Waals surface area contributed by atoms with Crippen LogP contribution in [-0.2, 0) is 10.3 Å². The number of hydrogen-bond acceptors (Lipinski definition) is 4. The maximum absolute atomic E-state index is 13.1. The highest BCUT2D eigenvalue weighted by Gasteiger charge is 2.49. The largest absolute Gasteiger partial charge is 0.491 e. The summed E-state index contributed by atoms with van der Waals surface area (Å²) in [5.74, 6) is 0.223. The van der Waals surface area contributed by atoms with Crippen molar-refractivity contribution < 1.29 is 19.4 Å². The molecule has 3 aromatic rings. The highest BCUT2D eigenvalue weighted by atomic mass is 16.5. The van der Waals surface area contributed by atoms with Gasteiger partial charge in [0.2, 0.25) is 0 Å². The van der Waals surface area contributed by atoms with E-state index in [2.05, 4.69) is 5.32 Å². The number of imide groups is 1. The SMILES string of the molecule is C[C@@]1(c2ccc3ccccc3c2)NC(=O)N(C[C@@H](O)COc2ccccc2)C1=O. The fraction of sp³-hybridized carbons (Fsp3) is 0.217. The van der Waals surface area contributed by atoms with Gasteiger partial charge >= 0.3 is 6.03 Å². The maximum Gasteiger partial charge on any atom is 0.325 e. The van der Waals surface area contributed by atoms with Gasteiger partial charge in [0, 0.05) is 0 Å². The first kappa shape index (κ1) is 19.0. The number of nitrogens with one attached hydrogen (secondary N) is 1. The van der Waals surface area contributed by atoms with Crippen LogP contribution in [0.15, 0.2) is 72.8 Å². The van der Waals surface area contributed by atoms with Gasteiger partial charge in [-0.1, -0.05) is 54.6 Å². The lowest BCUT2D eigenvalue weighted by Gasteiger charge is -2.23. The van der Waals surface area contributed by atoms with Crippen LogP contribution in [0.2, 0.25) is 0 Å². The van der Waals surface area contributed by atoms with Crippen LogP contribution in [-0.4, -0.2) is 41.2 Å². The normalized spacial score (nSPS) is 20.0. The Balaban J connectivity index is 1.48. The zero-order valence-corrected chi connectivity index (χ0v) is 16.0. The quantitative estimate of drug-likeness (QED) is 0.634. The minimum absolute atomic E-state index is 0.0201. The van der Waals surface area contributed by atoms with Crippen molar-refractivity contribution in [3.63, 3.8) is 0 Å². The zero-order chi connectivity index (χ0) is 20.4. The van der Waals surface area contributed by atoms with E-state index in [0.29, 0.717) is 11.3 Å². The summed E-state index contributed by atoms with van der Waals surface area (Å²) in [5, 5.41) is 15.1. The van der Waals surface area contributed by atoms with E-state index in [0.717, 1.165) is 15.7 Å². The van der Waals surface area contributed by atoms with E-state index in [1.54, 1.807) is 19.1 Å². The second-order valence-electron chi connectivity index (χ2n) is 7.31. The minimum atomic E-state index is -1.18. The highest BCUT2D eigenvalue weighted by molar-refractivity contribution is 6.07. The average molecular weight is 390 g/mol. The van der Waals surface area contributed by atoms with Crippen LogP contribution in [0.4, 0.5) is 4.79 Å². The molecule has 148 valence electrons. The van der Waals surface area contributed by atoms with Crippen molar-refractivity contribution in [1.29, 1.82) is 0 Å². The molecule has 1 heterocycles. The van der Waals surface area contributed by atoms with Crippen molar-refractivity contribution in [2.24, 2.45) is 0 Å². The van der Waals surface area contributed by atoms with Gasteiger partial charge in [0.25, 0.3) is 5.91 Å². The smallest absolute Gasteiger partial charge is 0.325 e. The fourth-order valence-corrected chi connectivity index (χ4v) is 3.53. The van der Waals surface area contributed by atoms with Crippen LogP contribution in [0.25, 0.3) is 10.8 Å². The second kappa shape index (κ2) is 7.56. The molecule has 6 heteroatoms. The highest BCUT2D eigenvalue weighted by Crippen LogP contribution is 2.31. The summed E-state index contributed by atoms with van der Waals surface area (Å²) in [6.45, 7) is 1.53. The number of aliphatic hydroxyl groups is 1. The monoisotopic (exact) mass is 390 g/mol. The molecule has 0 spiro atoms. The Morgan fingerprint density at radius 1 is 1.00 bits per heavy atom. The molecule has 1 aliphatic rings. The van der Waals surface area contributed by atoms with E-state index < -0.39 is 23.6 Å². The summed E-state index contributed by atoms with van der Waals surface area (Å²) in [4.78, 5) is 26.6. The molecule has 1 saturated heterocycles. The van der Waals surface area contributed by atoms with E-state index in [1.807, 2.05) is 60.7 Å². The van der Waals surface area contributed by atoms with Crippen LogP contribution >= 0.6 is 0 Å². The summed E-state index contributed by atoms with van der Waals surface area (Å²) >= 11 is 0. The lowest BCUT2D eigenvalue weighted by molar-refractivity contribution is -0.132. The van der Waals surface area contributed by atoms with Gasteiger partial charge in [-0.05, 0) is 41.5 Å². The van der Waals surface area contributed by atoms with Gasteiger partial charge in [0.15, 0.2) is 0 Å². The molecule has 0 unspecified atom stereocenters. The fourth-order valence-electron chi connectivity index (χ4n) is 3.53. The number of carbonyl (C=O) groups excluding carboxylic acids is 2. The number of amides is 3. The molecule has 1 aliphatic heterocycles. The lowest BCUT2D eigenvalue weighted by Crippen LogP contribution is -2.42. The third kappa shape index (κ3) is 3.67. The summed E-state index contributed by atoms with van der Waals surface area (Å²) in [7, 11) is 0. The van der Waals surface area contributed by atoms with Crippen LogP contribution in [0.3, 0.4) is 0 Å². The standard InChI is InChI=1S/C23H22N2O4/c1-23(18-12-11-16-7-5-6-8-17(16)13-18)21(27)25(22(28)24-23)14-19(26)15-29-20-9-3-2-4-10-20/h2-13,19,26H,14-15H2,1H3,(H,24,28)/t19-,23+/m1/s1. The summed E-state index contributed by atoms with van der Waals surface area (Å²) < 4.78 is 5.51. The Morgan fingerprint density at radius 2 is 1.69 bits per heavy atom. The van der Waals surface area contributed by atoms with E-state index >= 15 is 0 Å². The Hall–Kier alpha value is -3.38. The van der Waals surface area contributed by atoms with Crippen LogP contribution in [0, 0.1) is 0 Å². The number of rotatable bonds is 6. The molecular formula is C23H22N2O4. The van der Waals surface area contributed by atoms with Crippen molar-refractivity contribution in [3.05, 3.63) is 78.4 Å². The number of benzene rings is 3. The number of nitrogens with zero attached hydrogens (tertiary/aromatic N) is 1. The number of para-hydroxylation sites is 1. The lowest BCUT2D eigenvalue weighted by atomic mass is 9.90. The van der Waals surface area contributed by atoms with Gasteiger partial charge in [-0.2, -0.15) is 0 Å². The topological polar surface area (TPSA) is 78.9 Å². The van der Waals surface area contributed by atoms with Gasteiger partial charge in [-0.15, -0.1) is 0 Å². The maximum atomic E-state index is 13.1. The minimum Gasteiger partial charge on any atom is -0.491 e. The predicted octanol–water partition coefficient (Wildman–Crippen LogP) is 3.05. The third-order valence-electron chi connectivity index (χ3n) is 5.18. The van der Waals surface area contributed by atoms with Crippen molar-refractivity contribution in [2.45, 2.75) is 18.6 Å². The molecule has 0 aromatic heterocycles. The number of urea groups is 1. The third-order valence-corrected chi connectivity index (χ3v) is 5.18. The van der Waals surface area contributed by atoms with E-state index in [-0.39, 0.29) is 13.2 Å². The Kier molecular flexibility index (Phi) is 4.94. The van der Waals surface area contributed by atoms with Crippen LogP contribution in [0.5, 0.6) is 5.75 Å². The zero-order valence-electron chi connectivity index (χ0n) is 16.0. The van der Waals surface area contributed by atoms with Gasteiger partial charge in [-0.25, -0.2) is 4.79 Å². The summed E-state index contributed by atoms with van der Waals surface area (Å²) in [5.41, 5.74) is -0.478. The molecule has 2 atom stereocenters. The number of carbonyl (C=O) groups is 2. The summed E-state index contributed by atoms with van der Waals surface area (Å²) in [6, 6.07) is 22.1. The molecular weight excluding hydrogens is 368 g/mol. The molecule has 0 radical (unpaired) electrons. The number of β-amino-alcohol motifs (C(OH)–C–C–N with tert-alkyl or cyclic N) is 1. The van der Waals surface area contributed by atoms with Gasteiger partial charge < -0.3 is 15.2 Å². The Bertz CT molecular complexity index is 1050. The van der Waals surface area contributed by atoms with Gasteiger partial charge in [0.05, 0.1) is 6.54 Å². The first-order valence-corrected chi connectivity index (χ1v) is 9.47. The van der Waals surface area contributed by atoms with Crippen molar-refractivity contribution in [3.8, 4) is 5.75 Å². The molecule has 6 nitrogen and oxygen atoms in total. The molecule has 29 heavy (non-hydrogen) atoms. The first-order chi connectivity index (χ1) is 14.0. The predicted molar refractivity (Wildman–Crippen MR) is 109 cm³/mol. The average Bonchev–Trinajstić information content (AvgIpc) is 2.96. The van der Waals surface area contributed by atoms with Crippen LogP contribution in [0.1, 0.15) is 12.5 Å². The molecule has 1 fully saturated rings. The first-order valence-electron chi connectivity index (χ1n) is 9.47. The second-order valence-corrected chi connectivity index (χ2v) is 7.31. The number of fused-ring (bicyclic) bond motifs is 1. The molecule has 3 aromatic carbocycles. The Morgan fingerprint density at radius 3 is 2.45 bits per heavy atom. The van der Waals surface area contributed by atoms with Gasteiger partial charge in [-0.3, -0.25) is 9.69 Å². The molecule has 3 amide bonds. The number of hydrogen-bond donors (Lipinski definition) is 2. The van der Waals surface area contributed by atoms with Crippen molar-refractivity contribution in [2.75, 3.05) is 13.2 Å². The summed E-state index contributed by atoms with van der Waals surface area (Å²) in [6.07, 6.45) is -0.996. The molecule has 2 N–H and O–H groups in total. The molecule has 4 rings (SSSR count). The van der Waals surface area contributed by atoms with Crippen molar-refractivity contribution in [1.82, 2.24) is 10.2 Å². The van der Waals surface area contributed by atoms with Crippen LogP contribution < -0.4 is 10.1 Å². The molecule has 0 saturated carbocycles. The van der Waals surface area contributed by atoms with E-state index in [1.165, 1.54) is 0 Å². The molecule has 0 aliphatic carbocycles. The molecule has 0 bridgehead atoms. The van der Waals surface area contributed by atoms with Gasteiger partial charge in [0.1, 0.15) is 24.0 Å². The van der Waals surface area contributed by atoms with Crippen molar-refractivity contribution >= 4 is 22.7 Å². The number of ether oxygens (including phenoxy) is 1. The Labute approximate surface area is 168 Å². The van der Waals surface area contributed by atoms with E-state index in [4.69, 9.17) is 4.74 Å². The van der Waals surface area contributed by atoms with E-state index in [9.17, 15) is 14.7 Å².